The maximum Gasteiger partial charge on any atom is 0.416 e. The minimum Gasteiger partial charge on any atom is -0.369 e. The maximum absolute atomic E-state index is 13.5. The fourth-order valence-electron chi connectivity index (χ4n) is 6.01. The van der Waals surface area contributed by atoms with Crippen LogP contribution in [0.15, 0.2) is 53.3 Å². The first-order valence-corrected chi connectivity index (χ1v) is 13.4. The molecule has 1 N–H and O–H groups in total. The summed E-state index contributed by atoms with van der Waals surface area (Å²) in [6.07, 6.45) is -0.196. The highest BCUT2D eigenvalue weighted by molar-refractivity contribution is 5.82. The summed E-state index contributed by atoms with van der Waals surface area (Å²) in [5.74, 6) is 0.631. The molecule has 11 heteroatoms. The molecule has 1 saturated carbocycles. The number of anilines is 1. The summed E-state index contributed by atoms with van der Waals surface area (Å²) in [4.78, 5) is 20.7. The molecule has 2 aliphatic rings. The highest BCUT2D eigenvalue weighted by Crippen LogP contribution is 2.35. The van der Waals surface area contributed by atoms with Gasteiger partial charge in [-0.15, -0.1) is 5.10 Å². The number of H-pyrrole nitrogens is 1. The van der Waals surface area contributed by atoms with Gasteiger partial charge in [0.05, 0.1) is 17.1 Å². The zero-order valence-electron chi connectivity index (χ0n) is 21.7. The predicted octanol–water partition coefficient (Wildman–Crippen LogP) is 4.87. The molecule has 0 spiro atoms. The number of nitrogens with zero attached hydrogens (tertiary/aromatic N) is 6. The first kappa shape index (κ1) is 25.5. The van der Waals surface area contributed by atoms with Crippen molar-refractivity contribution in [2.75, 3.05) is 31.1 Å². The molecule has 1 aliphatic carbocycles. The van der Waals surface area contributed by atoms with Crippen molar-refractivity contribution in [2.45, 2.75) is 50.9 Å². The second kappa shape index (κ2) is 10.1. The number of hydrogen-bond acceptors (Lipinski definition) is 6. The highest BCUT2D eigenvalue weighted by Gasteiger charge is 2.35. The number of tetrazole rings is 1. The van der Waals surface area contributed by atoms with Crippen LogP contribution < -0.4 is 10.5 Å². The molecule has 1 aliphatic heterocycles. The van der Waals surface area contributed by atoms with E-state index in [0.717, 1.165) is 48.2 Å². The average molecular weight is 538 g/mol. The molecular formula is C28H30F3N7O. The lowest BCUT2D eigenvalue weighted by molar-refractivity contribution is -0.137. The van der Waals surface area contributed by atoms with E-state index in [-0.39, 0.29) is 11.6 Å². The SMILES string of the molecule is Cc1cccc2cc(C(c3nnnn3C3CCCC3)N3CCN(c4cccc(C(F)(F)F)c4)CC3)c(=O)[nH]c12. The molecule has 39 heavy (non-hydrogen) atoms. The van der Waals surface area contributed by atoms with Crippen LogP contribution in [-0.2, 0) is 6.18 Å². The number of piperazine rings is 1. The molecule has 8 nitrogen and oxygen atoms in total. The molecule has 0 radical (unpaired) electrons. The van der Waals surface area contributed by atoms with Gasteiger partial charge in [0, 0.05) is 37.4 Å². The number of rotatable bonds is 5. The van der Waals surface area contributed by atoms with Gasteiger partial charge in [0.2, 0.25) is 0 Å². The van der Waals surface area contributed by atoms with Gasteiger partial charge < -0.3 is 9.88 Å². The Kier molecular flexibility index (Phi) is 6.62. The molecule has 1 atom stereocenters. The Morgan fingerprint density at radius 1 is 1.00 bits per heavy atom. The van der Waals surface area contributed by atoms with Crippen LogP contribution >= 0.6 is 0 Å². The Labute approximate surface area is 223 Å². The molecule has 0 amide bonds. The summed E-state index contributed by atoms with van der Waals surface area (Å²) in [5.41, 5.74) is 2.04. The number of fused-ring (bicyclic) bond motifs is 1. The third-order valence-corrected chi connectivity index (χ3v) is 8.06. The van der Waals surface area contributed by atoms with E-state index >= 15 is 0 Å². The smallest absolute Gasteiger partial charge is 0.369 e. The lowest BCUT2D eigenvalue weighted by Crippen LogP contribution is -2.49. The monoisotopic (exact) mass is 537 g/mol. The molecule has 204 valence electrons. The van der Waals surface area contributed by atoms with Crippen molar-refractivity contribution >= 4 is 16.6 Å². The largest absolute Gasteiger partial charge is 0.416 e. The number of aromatic nitrogens is 5. The van der Waals surface area contributed by atoms with E-state index in [1.807, 2.05) is 40.8 Å². The zero-order valence-corrected chi connectivity index (χ0v) is 21.7. The Balaban J connectivity index is 1.36. The summed E-state index contributed by atoms with van der Waals surface area (Å²) in [5, 5.41) is 13.7. The summed E-state index contributed by atoms with van der Waals surface area (Å²) in [6, 6.07) is 13.0. The number of halogens is 3. The summed E-state index contributed by atoms with van der Waals surface area (Å²) >= 11 is 0. The van der Waals surface area contributed by atoms with Crippen molar-refractivity contribution in [1.29, 1.82) is 0 Å². The van der Waals surface area contributed by atoms with Crippen molar-refractivity contribution in [3.8, 4) is 0 Å². The molecule has 1 saturated heterocycles. The Hall–Kier alpha value is -3.73. The summed E-state index contributed by atoms with van der Waals surface area (Å²) in [6.45, 7) is 4.04. The number of pyridine rings is 1. The molecule has 2 aromatic carbocycles. The quantitative estimate of drug-likeness (QED) is 0.391. The summed E-state index contributed by atoms with van der Waals surface area (Å²) in [7, 11) is 0. The maximum atomic E-state index is 13.5. The van der Waals surface area contributed by atoms with Crippen LogP contribution in [0.4, 0.5) is 18.9 Å². The number of alkyl halides is 3. The number of hydrogen-bond donors (Lipinski definition) is 1. The third-order valence-electron chi connectivity index (χ3n) is 8.06. The lowest BCUT2D eigenvalue weighted by atomic mass is 10.0. The van der Waals surface area contributed by atoms with E-state index in [0.29, 0.717) is 43.3 Å². The van der Waals surface area contributed by atoms with Crippen LogP contribution in [0, 0.1) is 6.92 Å². The third kappa shape index (κ3) is 4.91. The highest BCUT2D eigenvalue weighted by atomic mass is 19.4. The van der Waals surface area contributed by atoms with Gasteiger partial charge >= 0.3 is 6.18 Å². The molecule has 4 aromatic rings. The normalized spacial score (nSPS) is 18.2. The van der Waals surface area contributed by atoms with Gasteiger partial charge in [-0.3, -0.25) is 9.69 Å². The van der Waals surface area contributed by atoms with Crippen molar-refractivity contribution in [1.82, 2.24) is 30.1 Å². The first-order chi connectivity index (χ1) is 18.8. The Morgan fingerprint density at radius 3 is 2.49 bits per heavy atom. The van der Waals surface area contributed by atoms with Gasteiger partial charge in [0.1, 0.15) is 6.04 Å². The Morgan fingerprint density at radius 2 is 1.74 bits per heavy atom. The van der Waals surface area contributed by atoms with Crippen molar-refractivity contribution < 1.29 is 13.2 Å². The number of aryl methyl sites for hydroxylation is 1. The molecule has 2 fully saturated rings. The molecule has 2 aromatic heterocycles. The minimum atomic E-state index is -4.39. The van der Waals surface area contributed by atoms with Crippen LogP contribution in [0.2, 0.25) is 0 Å². The Bertz CT molecular complexity index is 1530. The van der Waals surface area contributed by atoms with E-state index in [4.69, 9.17) is 0 Å². The van der Waals surface area contributed by atoms with Gasteiger partial charge in [0.15, 0.2) is 5.82 Å². The predicted molar refractivity (Wildman–Crippen MR) is 142 cm³/mol. The van der Waals surface area contributed by atoms with Crippen LogP contribution in [0.5, 0.6) is 0 Å². The molecule has 1 unspecified atom stereocenters. The van der Waals surface area contributed by atoms with Gasteiger partial charge in [-0.25, -0.2) is 4.68 Å². The molecular weight excluding hydrogens is 507 g/mol. The van der Waals surface area contributed by atoms with Crippen LogP contribution in [0.3, 0.4) is 0 Å². The second-order valence-electron chi connectivity index (χ2n) is 10.5. The number of aromatic amines is 1. The van der Waals surface area contributed by atoms with Crippen LogP contribution in [0.25, 0.3) is 10.9 Å². The van der Waals surface area contributed by atoms with Crippen molar-refractivity contribution in [3.63, 3.8) is 0 Å². The zero-order chi connectivity index (χ0) is 27.1. The average Bonchev–Trinajstić information content (AvgIpc) is 3.62. The van der Waals surface area contributed by atoms with E-state index in [1.54, 1.807) is 6.07 Å². The fraction of sp³-hybridized carbons (Fsp3) is 0.429. The topological polar surface area (TPSA) is 82.9 Å². The number of para-hydroxylation sites is 1. The molecule has 0 bridgehead atoms. The lowest BCUT2D eigenvalue weighted by Gasteiger charge is -2.40. The van der Waals surface area contributed by atoms with Crippen LogP contribution in [0.1, 0.15) is 60.3 Å². The van der Waals surface area contributed by atoms with E-state index in [2.05, 4.69) is 25.4 Å². The van der Waals surface area contributed by atoms with E-state index in [9.17, 15) is 18.0 Å². The van der Waals surface area contributed by atoms with Gasteiger partial charge in [-0.1, -0.05) is 37.1 Å². The molecule has 6 rings (SSSR count). The molecule has 3 heterocycles. The minimum absolute atomic E-state index is 0.186. The standard InChI is InChI=1S/C28H30F3N7O/c1-18-6-4-7-19-16-23(27(39)32-24(18)19)25(26-33-34-35-38(26)21-9-2-3-10-21)37-14-12-36(13-15-37)22-11-5-8-20(17-22)28(29,30)31/h4-8,11,16-17,21,25H,2-3,9-10,12-15H2,1H3,(H,32,39). The second-order valence-corrected chi connectivity index (χ2v) is 10.5. The number of benzene rings is 2. The van der Waals surface area contributed by atoms with Crippen molar-refractivity contribution in [3.05, 3.63) is 81.4 Å². The summed E-state index contributed by atoms with van der Waals surface area (Å²) < 4.78 is 41.8. The first-order valence-electron chi connectivity index (χ1n) is 13.4. The number of nitrogens with one attached hydrogen (secondary N) is 1. The van der Waals surface area contributed by atoms with Crippen molar-refractivity contribution in [2.24, 2.45) is 0 Å². The fourth-order valence-corrected chi connectivity index (χ4v) is 6.01. The van der Waals surface area contributed by atoms with Crippen LogP contribution in [-0.4, -0.2) is 56.3 Å². The van der Waals surface area contributed by atoms with Gasteiger partial charge in [-0.2, -0.15) is 13.2 Å². The van der Waals surface area contributed by atoms with Gasteiger partial charge in [-0.05, 0) is 65.4 Å². The van der Waals surface area contributed by atoms with Gasteiger partial charge in [0.25, 0.3) is 5.56 Å². The van der Waals surface area contributed by atoms with E-state index < -0.39 is 17.8 Å². The van der Waals surface area contributed by atoms with E-state index in [1.165, 1.54) is 12.1 Å².